The molecule has 0 saturated carbocycles. The Morgan fingerprint density at radius 1 is 1.31 bits per heavy atom. The second kappa shape index (κ2) is 7.03. The van der Waals surface area contributed by atoms with Crippen molar-refractivity contribution in [1.29, 1.82) is 0 Å². The molecule has 8 nitrogen and oxygen atoms in total. The highest BCUT2D eigenvalue weighted by Gasteiger charge is 2.31. The van der Waals surface area contributed by atoms with E-state index >= 15 is 0 Å². The van der Waals surface area contributed by atoms with E-state index < -0.39 is 12.1 Å². The maximum absolute atomic E-state index is 13.1. The average Bonchev–Trinajstić information content (AvgIpc) is 3.04. The van der Waals surface area contributed by atoms with E-state index in [1.165, 1.54) is 4.90 Å². The summed E-state index contributed by atoms with van der Waals surface area (Å²) >= 11 is 0. The molecule has 8 heteroatoms. The lowest BCUT2D eigenvalue weighted by atomic mass is 10.0. The number of amides is 1. The molecule has 0 unspecified atom stereocenters. The van der Waals surface area contributed by atoms with Crippen molar-refractivity contribution in [3.8, 4) is 0 Å². The van der Waals surface area contributed by atoms with E-state index in [9.17, 15) is 14.7 Å². The van der Waals surface area contributed by atoms with E-state index in [2.05, 4.69) is 5.10 Å². The zero-order valence-electron chi connectivity index (χ0n) is 15.5. The lowest BCUT2D eigenvalue weighted by molar-refractivity contribution is -0.154. The SMILES string of the molecule is CC(C)c1cc(C(=O)N2CCO[C@@H](C(=O)O)C2)c2cnn(C(C)C)c2n1. The number of carboxylic acids is 1. The highest BCUT2D eigenvalue weighted by molar-refractivity contribution is 6.05. The molecule has 1 N–H and O–H groups in total. The Kier molecular flexibility index (Phi) is 4.95. The molecule has 26 heavy (non-hydrogen) atoms. The molecule has 3 heterocycles. The third kappa shape index (κ3) is 3.29. The molecule has 2 aromatic rings. The Hall–Kier alpha value is -2.48. The van der Waals surface area contributed by atoms with Crippen molar-refractivity contribution >= 4 is 22.9 Å². The first-order valence-electron chi connectivity index (χ1n) is 8.81. The Labute approximate surface area is 151 Å². The molecular weight excluding hydrogens is 336 g/mol. The number of carbonyl (C=O) groups is 2. The highest BCUT2D eigenvalue weighted by Crippen LogP contribution is 2.26. The second-order valence-electron chi connectivity index (χ2n) is 7.12. The molecule has 1 amide bonds. The van der Waals surface area contributed by atoms with E-state index in [1.807, 2.05) is 27.7 Å². The van der Waals surface area contributed by atoms with E-state index in [-0.39, 0.29) is 31.0 Å². The molecule has 1 aliphatic rings. The predicted molar refractivity (Wildman–Crippen MR) is 95.3 cm³/mol. The van der Waals surface area contributed by atoms with Crippen LogP contribution >= 0.6 is 0 Å². The summed E-state index contributed by atoms with van der Waals surface area (Å²) in [5.74, 6) is -1.12. The third-order valence-electron chi connectivity index (χ3n) is 4.53. The zero-order chi connectivity index (χ0) is 19.0. The van der Waals surface area contributed by atoms with Crippen LogP contribution < -0.4 is 0 Å². The van der Waals surface area contributed by atoms with Gasteiger partial charge in [0.15, 0.2) is 11.8 Å². The molecule has 1 fully saturated rings. The molecule has 0 spiro atoms. The van der Waals surface area contributed by atoms with Crippen LogP contribution in [0.4, 0.5) is 0 Å². The molecule has 3 rings (SSSR count). The lowest BCUT2D eigenvalue weighted by Gasteiger charge is -2.31. The van der Waals surface area contributed by atoms with Crippen molar-refractivity contribution < 1.29 is 19.4 Å². The van der Waals surface area contributed by atoms with Gasteiger partial charge in [0.05, 0.1) is 30.3 Å². The van der Waals surface area contributed by atoms with Crippen molar-refractivity contribution in [2.24, 2.45) is 0 Å². The van der Waals surface area contributed by atoms with Crippen LogP contribution in [-0.4, -0.2) is 62.4 Å². The molecule has 2 aromatic heterocycles. The first kappa shape index (κ1) is 18.3. The maximum atomic E-state index is 13.1. The molecule has 0 radical (unpaired) electrons. The Bertz CT molecular complexity index is 843. The number of aromatic nitrogens is 3. The Morgan fingerprint density at radius 3 is 2.65 bits per heavy atom. The third-order valence-corrected chi connectivity index (χ3v) is 4.53. The maximum Gasteiger partial charge on any atom is 0.334 e. The van der Waals surface area contributed by atoms with Gasteiger partial charge in [0, 0.05) is 18.3 Å². The molecule has 1 saturated heterocycles. The summed E-state index contributed by atoms with van der Waals surface area (Å²) in [5.41, 5.74) is 2.00. The van der Waals surface area contributed by atoms with Crippen molar-refractivity contribution in [2.75, 3.05) is 19.7 Å². The van der Waals surface area contributed by atoms with Gasteiger partial charge in [-0.3, -0.25) is 4.79 Å². The summed E-state index contributed by atoms with van der Waals surface area (Å²) in [6.45, 7) is 8.67. The molecule has 0 bridgehead atoms. The van der Waals surface area contributed by atoms with Gasteiger partial charge in [0.1, 0.15) is 0 Å². The van der Waals surface area contributed by atoms with Gasteiger partial charge < -0.3 is 14.7 Å². The predicted octanol–water partition coefficient (Wildman–Crippen LogP) is 2.06. The fourth-order valence-electron chi connectivity index (χ4n) is 3.04. The van der Waals surface area contributed by atoms with E-state index in [0.29, 0.717) is 23.1 Å². The van der Waals surface area contributed by atoms with E-state index in [1.54, 1.807) is 16.9 Å². The molecule has 1 aliphatic heterocycles. The van der Waals surface area contributed by atoms with Crippen molar-refractivity contribution in [3.05, 3.63) is 23.5 Å². The van der Waals surface area contributed by atoms with Gasteiger partial charge in [-0.2, -0.15) is 5.10 Å². The van der Waals surface area contributed by atoms with Gasteiger partial charge in [-0.25, -0.2) is 14.5 Å². The first-order valence-corrected chi connectivity index (χ1v) is 8.81. The molecule has 140 valence electrons. The number of pyridine rings is 1. The minimum atomic E-state index is -1.06. The normalized spacial score (nSPS) is 18.1. The van der Waals surface area contributed by atoms with Crippen LogP contribution in [0.15, 0.2) is 12.3 Å². The quantitative estimate of drug-likeness (QED) is 0.896. The number of fused-ring (bicyclic) bond motifs is 1. The molecular formula is C18H24N4O4. The van der Waals surface area contributed by atoms with Gasteiger partial charge in [-0.1, -0.05) is 13.8 Å². The van der Waals surface area contributed by atoms with Gasteiger partial charge in [0.2, 0.25) is 0 Å². The van der Waals surface area contributed by atoms with Gasteiger partial charge in [-0.05, 0) is 25.8 Å². The van der Waals surface area contributed by atoms with E-state index in [0.717, 1.165) is 5.69 Å². The molecule has 0 aromatic carbocycles. The monoisotopic (exact) mass is 360 g/mol. The summed E-state index contributed by atoms with van der Waals surface area (Å²) in [7, 11) is 0. The minimum Gasteiger partial charge on any atom is -0.479 e. The molecule has 1 atom stereocenters. The largest absolute Gasteiger partial charge is 0.479 e. The number of aliphatic carboxylic acids is 1. The molecule has 0 aliphatic carbocycles. The van der Waals surface area contributed by atoms with Crippen LogP contribution in [0.25, 0.3) is 11.0 Å². The summed E-state index contributed by atoms with van der Waals surface area (Å²) in [6.07, 6.45) is 0.669. The summed E-state index contributed by atoms with van der Waals surface area (Å²) in [4.78, 5) is 30.6. The van der Waals surface area contributed by atoms with Crippen molar-refractivity contribution in [1.82, 2.24) is 19.7 Å². The average molecular weight is 360 g/mol. The fraction of sp³-hybridized carbons (Fsp3) is 0.556. The summed E-state index contributed by atoms with van der Waals surface area (Å²) in [5, 5.41) is 14.3. The standard InChI is InChI=1S/C18H24N4O4/c1-10(2)14-7-12(13-8-19-22(11(3)4)16(13)20-14)17(23)21-5-6-26-15(9-21)18(24)25/h7-8,10-11,15H,5-6,9H2,1-4H3,(H,24,25)/t15-/m1/s1. The van der Waals surface area contributed by atoms with Crippen LogP contribution in [0, 0.1) is 0 Å². The van der Waals surface area contributed by atoms with Crippen LogP contribution in [0.1, 0.15) is 55.7 Å². The minimum absolute atomic E-state index is 0.0350. The van der Waals surface area contributed by atoms with Crippen LogP contribution in [0.3, 0.4) is 0 Å². The lowest BCUT2D eigenvalue weighted by Crippen LogP contribution is -2.48. The van der Waals surface area contributed by atoms with E-state index in [4.69, 9.17) is 9.72 Å². The van der Waals surface area contributed by atoms with Crippen LogP contribution in [0.2, 0.25) is 0 Å². The number of carbonyl (C=O) groups excluding carboxylic acids is 1. The zero-order valence-corrected chi connectivity index (χ0v) is 15.5. The smallest absolute Gasteiger partial charge is 0.334 e. The number of ether oxygens (including phenoxy) is 1. The van der Waals surface area contributed by atoms with Crippen molar-refractivity contribution in [2.45, 2.75) is 45.8 Å². The summed E-state index contributed by atoms with van der Waals surface area (Å²) < 4.78 is 7.02. The number of morpholine rings is 1. The van der Waals surface area contributed by atoms with Crippen molar-refractivity contribution in [3.63, 3.8) is 0 Å². The Balaban J connectivity index is 2.05. The van der Waals surface area contributed by atoms with Gasteiger partial charge in [0.25, 0.3) is 5.91 Å². The van der Waals surface area contributed by atoms with Gasteiger partial charge in [-0.15, -0.1) is 0 Å². The summed E-state index contributed by atoms with van der Waals surface area (Å²) in [6, 6.07) is 1.91. The number of hydrogen-bond acceptors (Lipinski definition) is 5. The van der Waals surface area contributed by atoms with Crippen LogP contribution in [-0.2, 0) is 9.53 Å². The highest BCUT2D eigenvalue weighted by atomic mass is 16.5. The number of nitrogens with zero attached hydrogens (tertiary/aromatic N) is 4. The fourth-order valence-corrected chi connectivity index (χ4v) is 3.04. The first-order chi connectivity index (χ1) is 12.3. The van der Waals surface area contributed by atoms with Gasteiger partial charge >= 0.3 is 5.97 Å². The number of hydrogen-bond donors (Lipinski definition) is 1. The second-order valence-corrected chi connectivity index (χ2v) is 7.12. The number of carboxylic acid groups (broad SMARTS) is 1. The topological polar surface area (TPSA) is 97.5 Å². The van der Waals surface area contributed by atoms with Crippen LogP contribution in [0.5, 0.6) is 0 Å². The number of rotatable bonds is 4. The Morgan fingerprint density at radius 2 is 2.04 bits per heavy atom.